The highest BCUT2D eigenvalue weighted by Gasteiger charge is 2.31. The molecule has 1 aromatic carbocycles. The van der Waals surface area contributed by atoms with E-state index in [1.54, 1.807) is 18.2 Å². The van der Waals surface area contributed by atoms with E-state index in [1.165, 1.54) is 17.9 Å². The SMILES string of the molecule is CC(=O)N(C(=O)C(=O)N1CCN(C)CC1)c1cccc(N)c1. The Kier molecular flexibility index (Phi) is 4.77. The second kappa shape index (κ2) is 6.57. The van der Waals surface area contributed by atoms with Gasteiger partial charge in [-0.15, -0.1) is 0 Å². The van der Waals surface area contributed by atoms with Crippen LogP contribution < -0.4 is 10.6 Å². The molecule has 7 heteroatoms. The minimum Gasteiger partial charge on any atom is -0.399 e. The lowest BCUT2D eigenvalue weighted by molar-refractivity contribution is -0.146. The summed E-state index contributed by atoms with van der Waals surface area (Å²) in [6, 6.07) is 6.35. The highest BCUT2D eigenvalue weighted by molar-refractivity contribution is 6.45. The van der Waals surface area contributed by atoms with Crippen LogP contribution >= 0.6 is 0 Å². The molecular weight excluding hydrogens is 284 g/mol. The standard InChI is InChI=1S/C15H20N4O3/c1-11(20)19(13-5-3-4-12(16)10-13)15(22)14(21)18-8-6-17(2)7-9-18/h3-5,10H,6-9,16H2,1-2H3. The molecule has 1 aliphatic rings. The van der Waals surface area contributed by atoms with Crippen molar-refractivity contribution in [3.05, 3.63) is 24.3 Å². The fourth-order valence-electron chi connectivity index (χ4n) is 2.35. The quantitative estimate of drug-likeness (QED) is 0.579. The number of likely N-dealkylation sites (N-methyl/N-ethyl adjacent to an activating group) is 1. The normalized spacial score (nSPS) is 15.5. The zero-order chi connectivity index (χ0) is 16.3. The van der Waals surface area contributed by atoms with Crippen LogP contribution in [-0.2, 0) is 14.4 Å². The van der Waals surface area contributed by atoms with Gasteiger partial charge < -0.3 is 15.5 Å². The monoisotopic (exact) mass is 304 g/mol. The van der Waals surface area contributed by atoms with Crippen molar-refractivity contribution in [2.45, 2.75) is 6.92 Å². The Balaban J connectivity index is 2.20. The fraction of sp³-hybridized carbons (Fsp3) is 0.400. The Morgan fingerprint density at radius 2 is 1.77 bits per heavy atom. The lowest BCUT2D eigenvalue weighted by Gasteiger charge is -2.32. The van der Waals surface area contributed by atoms with Crippen LogP contribution in [0, 0.1) is 0 Å². The predicted octanol–water partition coefficient (Wildman–Crippen LogP) is -0.0777. The van der Waals surface area contributed by atoms with Crippen molar-refractivity contribution in [1.82, 2.24) is 9.80 Å². The minimum absolute atomic E-state index is 0.306. The third-order valence-corrected chi connectivity index (χ3v) is 3.62. The van der Waals surface area contributed by atoms with Crippen molar-refractivity contribution in [3.63, 3.8) is 0 Å². The summed E-state index contributed by atoms with van der Waals surface area (Å²) in [6.07, 6.45) is 0. The van der Waals surface area contributed by atoms with Gasteiger partial charge in [0.15, 0.2) is 0 Å². The van der Waals surface area contributed by atoms with Gasteiger partial charge in [0.1, 0.15) is 0 Å². The van der Waals surface area contributed by atoms with Gasteiger partial charge in [-0.1, -0.05) is 6.07 Å². The average Bonchev–Trinajstić information content (AvgIpc) is 2.47. The van der Waals surface area contributed by atoms with E-state index < -0.39 is 17.7 Å². The molecule has 0 aromatic heterocycles. The molecule has 1 saturated heterocycles. The number of benzene rings is 1. The number of hydrogen-bond donors (Lipinski definition) is 1. The number of imide groups is 1. The Morgan fingerprint density at radius 1 is 1.14 bits per heavy atom. The van der Waals surface area contributed by atoms with Crippen LogP contribution in [0.2, 0.25) is 0 Å². The lowest BCUT2D eigenvalue weighted by Crippen LogP contribution is -2.53. The molecule has 118 valence electrons. The smallest absolute Gasteiger partial charge is 0.323 e. The van der Waals surface area contributed by atoms with Crippen molar-refractivity contribution in [1.29, 1.82) is 0 Å². The summed E-state index contributed by atoms with van der Waals surface area (Å²) < 4.78 is 0. The molecule has 7 nitrogen and oxygen atoms in total. The summed E-state index contributed by atoms with van der Waals surface area (Å²) in [7, 11) is 1.96. The molecule has 0 unspecified atom stereocenters. The summed E-state index contributed by atoms with van der Waals surface area (Å²) in [4.78, 5) is 41.0. The highest BCUT2D eigenvalue weighted by Crippen LogP contribution is 2.18. The number of carbonyl (C=O) groups excluding carboxylic acids is 3. The molecule has 1 heterocycles. The van der Waals surface area contributed by atoms with Crippen molar-refractivity contribution >= 4 is 29.1 Å². The molecule has 1 aromatic rings. The van der Waals surface area contributed by atoms with E-state index >= 15 is 0 Å². The number of nitrogens with zero attached hydrogens (tertiary/aromatic N) is 3. The van der Waals surface area contributed by atoms with E-state index in [2.05, 4.69) is 4.90 Å². The van der Waals surface area contributed by atoms with E-state index in [-0.39, 0.29) is 0 Å². The number of rotatable bonds is 1. The molecule has 1 fully saturated rings. The van der Waals surface area contributed by atoms with Gasteiger partial charge in [-0.3, -0.25) is 14.4 Å². The zero-order valence-electron chi connectivity index (χ0n) is 12.8. The van der Waals surface area contributed by atoms with Gasteiger partial charge in [0.25, 0.3) is 0 Å². The van der Waals surface area contributed by atoms with E-state index in [1.807, 2.05) is 7.05 Å². The summed E-state index contributed by atoms with van der Waals surface area (Å²) in [6.45, 7) is 3.61. The van der Waals surface area contributed by atoms with Crippen molar-refractivity contribution in [2.75, 3.05) is 43.9 Å². The molecule has 3 amide bonds. The maximum atomic E-state index is 12.4. The van der Waals surface area contributed by atoms with Crippen LogP contribution in [0.25, 0.3) is 0 Å². The average molecular weight is 304 g/mol. The van der Waals surface area contributed by atoms with Gasteiger partial charge in [0.05, 0.1) is 5.69 Å². The molecule has 0 atom stereocenters. The zero-order valence-corrected chi connectivity index (χ0v) is 12.8. The molecule has 0 saturated carbocycles. The van der Waals surface area contributed by atoms with E-state index in [9.17, 15) is 14.4 Å². The Labute approximate surface area is 129 Å². The largest absolute Gasteiger partial charge is 0.399 e. The van der Waals surface area contributed by atoms with Gasteiger partial charge in [-0.25, -0.2) is 4.90 Å². The fourth-order valence-corrected chi connectivity index (χ4v) is 2.35. The molecule has 2 rings (SSSR count). The Bertz CT molecular complexity index is 594. The molecule has 22 heavy (non-hydrogen) atoms. The van der Waals surface area contributed by atoms with Crippen LogP contribution in [0.1, 0.15) is 6.92 Å². The summed E-state index contributed by atoms with van der Waals surface area (Å²) in [5.41, 5.74) is 6.41. The second-order valence-corrected chi connectivity index (χ2v) is 5.35. The first kappa shape index (κ1) is 16.0. The molecule has 0 aliphatic carbocycles. The van der Waals surface area contributed by atoms with Crippen LogP contribution in [0.3, 0.4) is 0 Å². The van der Waals surface area contributed by atoms with Crippen LogP contribution in [0.4, 0.5) is 11.4 Å². The first-order valence-corrected chi connectivity index (χ1v) is 7.08. The number of piperazine rings is 1. The van der Waals surface area contributed by atoms with Gasteiger partial charge in [-0.2, -0.15) is 0 Å². The highest BCUT2D eigenvalue weighted by atomic mass is 16.2. The number of nitrogen functional groups attached to an aromatic ring is 1. The van der Waals surface area contributed by atoms with E-state index in [0.717, 1.165) is 4.90 Å². The van der Waals surface area contributed by atoms with E-state index in [0.29, 0.717) is 37.6 Å². The maximum Gasteiger partial charge on any atom is 0.323 e. The Morgan fingerprint density at radius 3 is 2.32 bits per heavy atom. The topological polar surface area (TPSA) is 87.0 Å². The van der Waals surface area contributed by atoms with Gasteiger partial charge in [0.2, 0.25) is 5.91 Å². The van der Waals surface area contributed by atoms with Gasteiger partial charge in [0, 0.05) is 38.8 Å². The minimum atomic E-state index is -0.845. The summed E-state index contributed by atoms with van der Waals surface area (Å²) in [5.74, 6) is -2.02. The predicted molar refractivity (Wildman–Crippen MR) is 83.1 cm³/mol. The first-order chi connectivity index (χ1) is 10.4. The molecule has 2 N–H and O–H groups in total. The molecule has 1 aliphatic heterocycles. The number of amides is 3. The third kappa shape index (κ3) is 3.43. The second-order valence-electron chi connectivity index (χ2n) is 5.35. The van der Waals surface area contributed by atoms with Crippen LogP contribution in [0.15, 0.2) is 24.3 Å². The van der Waals surface area contributed by atoms with Crippen LogP contribution in [0.5, 0.6) is 0 Å². The number of nitrogens with two attached hydrogens (primary N) is 1. The van der Waals surface area contributed by atoms with Crippen molar-refractivity contribution in [2.24, 2.45) is 0 Å². The number of hydrogen-bond acceptors (Lipinski definition) is 5. The summed E-state index contributed by atoms with van der Waals surface area (Å²) >= 11 is 0. The van der Waals surface area contributed by atoms with Crippen molar-refractivity contribution in [3.8, 4) is 0 Å². The van der Waals surface area contributed by atoms with Gasteiger partial charge >= 0.3 is 11.8 Å². The van der Waals surface area contributed by atoms with Crippen LogP contribution in [-0.4, -0.2) is 60.7 Å². The molecule has 0 radical (unpaired) electrons. The number of anilines is 2. The third-order valence-electron chi connectivity index (χ3n) is 3.62. The molecule has 0 bridgehead atoms. The number of carbonyl (C=O) groups is 3. The first-order valence-electron chi connectivity index (χ1n) is 7.08. The lowest BCUT2D eigenvalue weighted by atomic mass is 10.2. The summed E-state index contributed by atoms with van der Waals surface area (Å²) in [5, 5.41) is 0. The maximum absolute atomic E-state index is 12.4. The van der Waals surface area contributed by atoms with Gasteiger partial charge in [-0.05, 0) is 25.2 Å². The molecule has 0 spiro atoms. The van der Waals surface area contributed by atoms with E-state index in [4.69, 9.17) is 5.73 Å². The molecular formula is C15H20N4O3. The van der Waals surface area contributed by atoms with Crippen molar-refractivity contribution < 1.29 is 14.4 Å². The Hall–Kier alpha value is -2.41.